The third-order valence-corrected chi connectivity index (χ3v) is 4.26. The molecule has 0 N–H and O–H groups in total. The van der Waals surface area contributed by atoms with Gasteiger partial charge in [0.05, 0.1) is 5.69 Å². The van der Waals surface area contributed by atoms with E-state index in [0.717, 1.165) is 24.7 Å². The monoisotopic (exact) mass is 334 g/mol. The van der Waals surface area contributed by atoms with E-state index in [0.29, 0.717) is 18.7 Å². The van der Waals surface area contributed by atoms with E-state index in [1.807, 2.05) is 41.4 Å². The SMILES string of the molecule is O=C(c1cccc(-n2cccn2)c1)N1CCN(c2ncccn2)CC1. The largest absolute Gasteiger partial charge is 0.337 e. The Morgan fingerprint density at radius 1 is 0.920 bits per heavy atom. The average molecular weight is 334 g/mol. The van der Waals surface area contributed by atoms with Gasteiger partial charge in [0, 0.05) is 56.5 Å². The van der Waals surface area contributed by atoms with Crippen molar-refractivity contribution in [3.63, 3.8) is 0 Å². The minimum absolute atomic E-state index is 0.0441. The Hall–Kier alpha value is -3.22. The van der Waals surface area contributed by atoms with Crippen molar-refractivity contribution in [3.8, 4) is 5.69 Å². The zero-order chi connectivity index (χ0) is 17.1. The summed E-state index contributed by atoms with van der Waals surface area (Å²) in [5, 5.41) is 4.21. The average Bonchev–Trinajstić information content (AvgIpc) is 3.23. The molecule has 25 heavy (non-hydrogen) atoms. The van der Waals surface area contributed by atoms with Gasteiger partial charge in [-0.05, 0) is 30.3 Å². The Bertz CT molecular complexity index is 841. The number of aromatic nitrogens is 4. The molecule has 3 aromatic rings. The lowest BCUT2D eigenvalue weighted by Gasteiger charge is -2.34. The van der Waals surface area contributed by atoms with Crippen LogP contribution in [0.3, 0.4) is 0 Å². The minimum atomic E-state index is 0.0441. The quantitative estimate of drug-likeness (QED) is 0.728. The van der Waals surface area contributed by atoms with Crippen molar-refractivity contribution in [2.45, 2.75) is 0 Å². The lowest BCUT2D eigenvalue weighted by Crippen LogP contribution is -2.49. The minimum Gasteiger partial charge on any atom is -0.337 e. The van der Waals surface area contributed by atoms with E-state index in [-0.39, 0.29) is 5.91 Å². The molecule has 1 saturated heterocycles. The van der Waals surface area contributed by atoms with Gasteiger partial charge in [0.1, 0.15) is 0 Å². The first-order valence-corrected chi connectivity index (χ1v) is 8.22. The number of carbonyl (C=O) groups excluding carboxylic acids is 1. The third-order valence-electron chi connectivity index (χ3n) is 4.26. The van der Waals surface area contributed by atoms with Crippen LogP contribution >= 0.6 is 0 Å². The van der Waals surface area contributed by atoms with Gasteiger partial charge in [-0.1, -0.05) is 6.07 Å². The molecule has 0 bridgehead atoms. The highest BCUT2D eigenvalue weighted by Gasteiger charge is 2.23. The molecule has 1 fully saturated rings. The number of benzene rings is 1. The first kappa shape index (κ1) is 15.3. The van der Waals surface area contributed by atoms with Gasteiger partial charge in [0.2, 0.25) is 5.95 Å². The van der Waals surface area contributed by atoms with Crippen LogP contribution in [-0.2, 0) is 0 Å². The van der Waals surface area contributed by atoms with Crippen molar-refractivity contribution >= 4 is 11.9 Å². The summed E-state index contributed by atoms with van der Waals surface area (Å²) in [5.74, 6) is 0.762. The van der Waals surface area contributed by atoms with Crippen LogP contribution in [0.25, 0.3) is 5.69 Å². The van der Waals surface area contributed by atoms with Crippen molar-refractivity contribution in [2.24, 2.45) is 0 Å². The number of amides is 1. The van der Waals surface area contributed by atoms with E-state index in [4.69, 9.17) is 0 Å². The van der Waals surface area contributed by atoms with E-state index < -0.39 is 0 Å². The maximum atomic E-state index is 12.8. The standard InChI is InChI=1S/C18H18N6O/c25-17(15-4-1-5-16(14-15)24-9-3-8-21-24)22-10-12-23(13-11-22)18-19-6-2-7-20-18/h1-9,14H,10-13H2. The molecule has 1 aromatic carbocycles. The van der Waals surface area contributed by atoms with Crippen LogP contribution in [0, 0.1) is 0 Å². The highest BCUT2D eigenvalue weighted by molar-refractivity contribution is 5.94. The Labute approximate surface area is 145 Å². The molecule has 0 aliphatic carbocycles. The highest BCUT2D eigenvalue weighted by atomic mass is 16.2. The summed E-state index contributed by atoms with van der Waals surface area (Å²) in [4.78, 5) is 25.3. The number of hydrogen-bond acceptors (Lipinski definition) is 5. The van der Waals surface area contributed by atoms with Gasteiger partial charge in [0.15, 0.2) is 0 Å². The number of rotatable bonds is 3. The van der Waals surface area contributed by atoms with Gasteiger partial charge in [-0.2, -0.15) is 5.10 Å². The van der Waals surface area contributed by atoms with Gasteiger partial charge in [0.25, 0.3) is 5.91 Å². The fourth-order valence-electron chi connectivity index (χ4n) is 2.95. The normalized spacial score (nSPS) is 14.6. The maximum Gasteiger partial charge on any atom is 0.254 e. The Morgan fingerprint density at radius 3 is 2.44 bits per heavy atom. The molecule has 0 atom stereocenters. The summed E-state index contributed by atoms with van der Waals surface area (Å²) in [6.07, 6.45) is 7.06. The summed E-state index contributed by atoms with van der Waals surface area (Å²) in [5.41, 5.74) is 1.56. The number of carbonyl (C=O) groups is 1. The Morgan fingerprint density at radius 2 is 1.72 bits per heavy atom. The van der Waals surface area contributed by atoms with Crippen molar-refractivity contribution in [1.29, 1.82) is 0 Å². The smallest absolute Gasteiger partial charge is 0.254 e. The van der Waals surface area contributed by atoms with Crippen LogP contribution in [0.15, 0.2) is 61.2 Å². The molecule has 1 aliphatic rings. The fourth-order valence-corrected chi connectivity index (χ4v) is 2.95. The molecule has 0 radical (unpaired) electrons. The van der Waals surface area contributed by atoms with Gasteiger partial charge in [-0.25, -0.2) is 14.6 Å². The number of nitrogens with zero attached hydrogens (tertiary/aromatic N) is 6. The van der Waals surface area contributed by atoms with Crippen LogP contribution in [0.4, 0.5) is 5.95 Å². The van der Waals surface area contributed by atoms with Crippen molar-refractivity contribution in [3.05, 3.63) is 66.7 Å². The van der Waals surface area contributed by atoms with E-state index in [9.17, 15) is 4.79 Å². The van der Waals surface area contributed by atoms with Crippen molar-refractivity contribution < 1.29 is 4.79 Å². The second kappa shape index (κ2) is 6.72. The Balaban J connectivity index is 1.45. The first-order chi connectivity index (χ1) is 12.3. The molecule has 7 nitrogen and oxygen atoms in total. The van der Waals surface area contributed by atoms with Gasteiger partial charge in [-0.15, -0.1) is 0 Å². The zero-order valence-electron chi connectivity index (χ0n) is 13.7. The fraction of sp³-hybridized carbons (Fsp3) is 0.222. The zero-order valence-corrected chi connectivity index (χ0v) is 13.7. The number of hydrogen-bond donors (Lipinski definition) is 0. The van der Waals surface area contributed by atoms with Gasteiger partial charge >= 0.3 is 0 Å². The topological polar surface area (TPSA) is 67.2 Å². The Kier molecular flexibility index (Phi) is 4.12. The number of piperazine rings is 1. The summed E-state index contributed by atoms with van der Waals surface area (Å²) < 4.78 is 1.75. The predicted molar refractivity (Wildman–Crippen MR) is 93.7 cm³/mol. The van der Waals surface area contributed by atoms with Gasteiger partial charge < -0.3 is 9.80 Å². The lowest BCUT2D eigenvalue weighted by atomic mass is 10.1. The molecule has 1 amide bonds. The first-order valence-electron chi connectivity index (χ1n) is 8.22. The van der Waals surface area contributed by atoms with E-state index in [2.05, 4.69) is 20.0 Å². The van der Waals surface area contributed by atoms with Crippen LogP contribution < -0.4 is 4.90 Å². The van der Waals surface area contributed by atoms with E-state index in [1.165, 1.54) is 0 Å². The second-order valence-electron chi connectivity index (χ2n) is 5.83. The van der Waals surface area contributed by atoms with Crippen molar-refractivity contribution in [2.75, 3.05) is 31.1 Å². The summed E-state index contributed by atoms with van der Waals surface area (Å²) in [6, 6.07) is 11.2. The second-order valence-corrected chi connectivity index (χ2v) is 5.83. The molecule has 0 spiro atoms. The molecule has 4 rings (SSSR count). The molecule has 7 heteroatoms. The molecular formula is C18H18N6O. The molecular weight excluding hydrogens is 316 g/mol. The highest BCUT2D eigenvalue weighted by Crippen LogP contribution is 2.15. The van der Waals surface area contributed by atoms with Crippen LogP contribution in [-0.4, -0.2) is 56.7 Å². The number of anilines is 1. The lowest BCUT2D eigenvalue weighted by molar-refractivity contribution is 0.0746. The summed E-state index contributed by atoms with van der Waals surface area (Å²) in [7, 11) is 0. The van der Waals surface area contributed by atoms with Gasteiger partial charge in [-0.3, -0.25) is 4.79 Å². The third kappa shape index (κ3) is 3.21. The molecule has 126 valence electrons. The molecule has 3 heterocycles. The maximum absolute atomic E-state index is 12.8. The van der Waals surface area contributed by atoms with E-state index >= 15 is 0 Å². The van der Waals surface area contributed by atoms with E-state index in [1.54, 1.807) is 29.3 Å². The summed E-state index contributed by atoms with van der Waals surface area (Å²) in [6.45, 7) is 2.77. The summed E-state index contributed by atoms with van der Waals surface area (Å²) >= 11 is 0. The van der Waals surface area contributed by atoms with Crippen LogP contribution in [0.2, 0.25) is 0 Å². The molecule has 1 aliphatic heterocycles. The van der Waals surface area contributed by atoms with Crippen LogP contribution in [0.1, 0.15) is 10.4 Å². The molecule has 0 saturated carbocycles. The predicted octanol–water partition coefficient (Wildman–Crippen LogP) is 1.62. The van der Waals surface area contributed by atoms with Crippen LogP contribution in [0.5, 0.6) is 0 Å². The molecule has 2 aromatic heterocycles. The molecule has 0 unspecified atom stereocenters. The van der Waals surface area contributed by atoms with Crippen molar-refractivity contribution in [1.82, 2.24) is 24.6 Å².